The van der Waals surface area contributed by atoms with Crippen LogP contribution in [0, 0.1) is 0 Å². The van der Waals surface area contributed by atoms with Crippen LogP contribution in [0.4, 0.5) is 24.7 Å². The lowest BCUT2D eigenvalue weighted by Crippen LogP contribution is -2.24. The fourth-order valence-corrected chi connectivity index (χ4v) is 1.31. The highest BCUT2D eigenvalue weighted by atomic mass is 19.4. The summed E-state index contributed by atoms with van der Waals surface area (Å²) < 4.78 is 41.3. The number of ether oxygens (including phenoxy) is 1. The molecule has 1 rings (SSSR count). The van der Waals surface area contributed by atoms with E-state index in [2.05, 4.69) is 10.3 Å². The fraction of sp³-hybridized carbons (Fsp3) is 0.500. The normalized spacial score (nSPS) is 13.2. The van der Waals surface area contributed by atoms with Gasteiger partial charge in [0.15, 0.2) is 5.82 Å². The standard InChI is InChI=1S/C10H14F3N3O/c1-6(5-10(11,12)13)15-9-7(14)3-4-8(16-9)17-2/h3-4,6H,5,14H2,1-2H3,(H,15,16). The Morgan fingerprint density at radius 1 is 1.47 bits per heavy atom. The van der Waals surface area contributed by atoms with Crippen molar-refractivity contribution in [3.8, 4) is 5.88 Å². The van der Waals surface area contributed by atoms with Crippen LogP contribution in [0.2, 0.25) is 0 Å². The Hall–Kier alpha value is -1.66. The molecule has 96 valence electrons. The molecule has 0 aromatic carbocycles. The van der Waals surface area contributed by atoms with Gasteiger partial charge in [-0.1, -0.05) is 0 Å². The Morgan fingerprint density at radius 3 is 2.65 bits per heavy atom. The van der Waals surface area contributed by atoms with Crippen molar-refractivity contribution >= 4 is 11.5 Å². The SMILES string of the molecule is COc1ccc(N)c(NC(C)CC(F)(F)F)n1. The zero-order valence-electron chi connectivity index (χ0n) is 9.51. The minimum atomic E-state index is -4.22. The number of nitrogens with zero attached hydrogens (tertiary/aromatic N) is 1. The van der Waals surface area contributed by atoms with E-state index in [9.17, 15) is 13.2 Å². The van der Waals surface area contributed by atoms with Crippen molar-refractivity contribution in [3.63, 3.8) is 0 Å². The Kier molecular flexibility index (Phi) is 4.03. The van der Waals surface area contributed by atoms with Gasteiger partial charge in [0.25, 0.3) is 0 Å². The van der Waals surface area contributed by atoms with Gasteiger partial charge in [-0.05, 0) is 13.0 Å². The highest BCUT2D eigenvalue weighted by molar-refractivity contribution is 5.62. The lowest BCUT2D eigenvalue weighted by atomic mass is 10.2. The lowest BCUT2D eigenvalue weighted by Gasteiger charge is -2.17. The van der Waals surface area contributed by atoms with Crippen LogP contribution in [0.15, 0.2) is 12.1 Å². The number of nitrogens with two attached hydrogens (primary N) is 1. The molecular formula is C10H14F3N3O. The highest BCUT2D eigenvalue weighted by Crippen LogP contribution is 2.25. The Labute approximate surface area is 97.0 Å². The third-order valence-electron chi connectivity index (χ3n) is 2.03. The number of hydrogen-bond acceptors (Lipinski definition) is 4. The molecule has 0 amide bonds. The predicted molar refractivity (Wildman–Crippen MR) is 59.0 cm³/mol. The highest BCUT2D eigenvalue weighted by Gasteiger charge is 2.30. The molecule has 3 N–H and O–H groups in total. The van der Waals surface area contributed by atoms with Gasteiger partial charge in [0.1, 0.15) is 0 Å². The number of nitrogen functional groups attached to an aromatic ring is 1. The number of aromatic nitrogens is 1. The Bertz CT molecular complexity index is 382. The van der Waals surface area contributed by atoms with Crippen molar-refractivity contribution in [1.29, 1.82) is 0 Å². The third-order valence-corrected chi connectivity index (χ3v) is 2.03. The molecule has 0 saturated carbocycles. The van der Waals surface area contributed by atoms with Crippen molar-refractivity contribution < 1.29 is 17.9 Å². The quantitative estimate of drug-likeness (QED) is 0.860. The van der Waals surface area contributed by atoms with Crippen molar-refractivity contribution in [1.82, 2.24) is 4.98 Å². The van der Waals surface area contributed by atoms with Crippen LogP contribution in [0.5, 0.6) is 5.88 Å². The second kappa shape index (κ2) is 5.11. The van der Waals surface area contributed by atoms with E-state index in [0.29, 0.717) is 5.88 Å². The number of alkyl halides is 3. The maximum atomic E-state index is 12.1. The minimum Gasteiger partial charge on any atom is -0.481 e. The summed E-state index contributed by atoms with van der Waals surface area (Å²) in [5.74, 6) is 0.488. The summed E-state index contributed by atoms with van der Waals surface area (Å²) in [6.45, 7) is 1.41. The molecule has 0 bridgehead atoms. The summed E-state index contributed by atoms with van der Waals surface area (Å²) in [4.78, 5) is 3.94. The number of nitrogens with one attached hydrogen (secondary N) is 1. The summed E-state index contributed by atoms with van der Waals surface area (Å²) in [5.41, 5.74) is 5.87. The van der Waals surface area contributed by atoms with Crippen LogP contribution in [-0.4, -0.2) is 24.3 Å². The van der Waals surface area contributed by atoms with Gasteiger partial charge in [0.05, 0.1) is 19.2 Å². The zero-order chi connectivity index (χ0) is 13.1. The molecule has 17 heavy (non-hydrogen) atoms. The summed E-state index contributed by atoms with van der Waals surface area (Å²) in [5, 5.41) is 2.61. The fourth-order valence-electron chi connectivity index (χ4n) is 1.31. The van der Waals surface area contributed by atoms with E-state index in [1.165, 1.54) is 26.2 Å². The van der Waals surface area contributed by atoms with Crippen LogP contribution >= 0.6 is 0 Å². The van der Waals surface area contributed by atoms with Crippen LogP contribution in [-0.2, 0) is 0 Å². The second-order valence-electron chi connectivity index (χ2n) is 3.66. The number of hydrogen-bond donors (Lipinski definition) is 2. The molecule has 1 unspecified atom stereocenters. The summed E-state index contributed by atoms with van der Waals surface area (Å²) in [7, 11) is 1.42. The molecule has 0 saturated heterocycles. The van der Waals surface area contributed by atoms with E-state index >= 15 is 0 Å². The monoisotopic (exact) mass is 249 g/mol. The molecule has 1 aromatic heterocycles. The molecule has 0 fully saturated rings. The molecule has 0 aliphatic carbocycles. The van der Waals surface area contributed by atoms with Crippen LogP contribution in [0.25, 0.3) is 0 Å². The molecule has 0 radical (unpaired) electrons. The first-order valence-corrected chi connectivity index (χ1v) is 4.95. The van der Waals surface area contributed by atoms with E-state index in [-0.39, 0.29) is 11.5 Å². The lowest BCUT2D eigenvalue weighted by molar-refractivity contribution is -0.136. The maximum absolute atomic E-state index is 12.1. The van der Waals surface area contributed by atoms with Crippen LogP contribution < -0.4 is 15.8 Å². The minimum absolute atomic E-state index is 0.195. The zero-order valence-corrected chi connectivity index (χ0v) is 9.51. The number of rotatable bonds is 4. The van der Waals surface area contributed by atoms with Gasteiger partial charge in [-0.3, -0.25) is 0 Å². The van der Waals surface area contributed by atoms with E-state index in [1.807, 2.05) is 0 Å². The van der Waals surface area contributed by atoms with Gasteiger partial charge in [-0.25, -0.2) is 0 Å². The van der Waals surface area contributed by atoms with Crippen LogP contribution in [0.1, 0.15) is 13.3 Å². The first-order valence-electron chi connectivity index (χ1n) is 4.95. The molecule has 0 spiro atoms. The summed E-state index contributed by atoms with van der Waals surface area (Å²) in [6.07, 6.45) is -5.18. The van der Waals surface area contributed by atoms with E-state index in [4.69, 9.17) is 10.5 Å². The van der Waals surface area contributed by atoms with E-state index in [0.717, 1.165) is 0 Å². The van der Waals surface area contributed by atoms with Gasteiger partial charge in [-0.2, -0.15) is 18.2 Å². The largest absolute Gasteiger partial charge is 0.481 e. The number of methoxy groups -OCH3 is 1. The maximum Gasteiger partial charge on any atom is 0.391 e. The smallest absolute Gasteiger partial charge is 0.391 e. The molecule has 1 heterocycles. The average molecular weight is 249 g/mol. The molecule has 0 aliphatic rings. The number of anilines is 2. The molecule has 1 aromatic rings. The van der Waals surface area contributed by atoms with Gasteiger partial charge in [-0.15, -0.1) is 0 Å². The van der Waals surface area contributed by atoms with Gasteiger partial charge in [0, 0.05) is 12.1 Å². The molecular weight excluding hydrogens is 235 g/mol. The van der Waals surface area contributed by atoms with Crippen molar-refractivity contribution in [2.75, 3.05) is 18.2 Å². The van der Waals surface area contributed by atoms with Gasteiger partial charge in [0.2, 0.25) is 5.88 Å². The van der Waals surface area contributed by atoms with Crippen molar-refractivity contribution in [3.05, 3.63) is 12.1 Å². The first kappa shape index (κ1) is 13.4. The van der Waals surface area contributed by atoms with Crippen molar-refractivity contribution in [2.24, 2.45) is 0 Å². The molecule has 1 atom stereocenters. The van der Waals surface area contributed by atoms with E-state index < -0.39 is 18.6 Å². The molecule has 7 heteroatoms. The van der Waals surface area contributed by atoms with Gasteiger partial charge >= 0.3 is 6.18 Å². The number of pyridine rings is 1. The second-order valence-corrected chi connectivity index (χ2v) is 3.66. The average Bonchev–Trinajstić information content (AvgIpc) is 2.18. The topological polar surface area (TPSA) is 60.2 Å². The Balaban J connectivity index is 2.73. The first-order chi connectivity index (χ1) is 7.81. The number of halogens is 3. The summed E-state index contributed by atoms with van der Waals surface area (Å²) >= 11 is 0. The van der Waals surface area contributed by atoms with Gasteiger partial charge < -0.3 is 15.8 Å². The van der Waals surface area contributed by atoms with E-state index in [1.54, 1.807) is 0 Å². The van der Waals surface area contributed by atoms with Crippen molar-refractivity contribution in [2.45, 2.75) is 25.6 Å². The summed E-state index contributed by atoms with van der Waals surface area (Å²) in [6, 6.07) is 2.25. The molecule has 0 aliphatic heterocycles. The predicted octanol–water partition coefficient (Wildman–Crippen LogP) is 2.43. The van der Waals surface area contributed by atoms with Crippen LogP contribution in [0.3, 0.4) is 0 Å². The Morgan fingerprint density at radius 2 is 2.12 bits per heavy atom. The molecule has 4 nitrogen and oxygen atoms in total. The third kappa shape index (κ3) is 4.38.